The van der Waals surface area contributed by atoms with E-state index in [1.807, 2.05) is 6.20 Å². The second kappa shape index (κ2) is 5.57. The minimum atomic E-state index is 0.143. The molecule has 0 unspecified atom stereocenters. The molecule has 0 saturated carbocycles. The molecule has 4 heteroatoms. The van der Waals surface area contributed by atoms with Crippen LogP contribution < -0.4 is 5.32 Å². The van der Waals surface area contributed by atoms with Crippen molar-refractivity contribution in [3.8, 4) is 0 Å². The first-order chi connectivity index (χ1) is 8.47. The van der Waals surface area contributed by atoms with E-state index in [0.29, 0.717) is 0 Å². The lowest BCUT2D eigenvalue weighted by Crippen LogP contribution is -2.09. The lowest BCUT2D eigenvalue weighted by atomic mass is 9.98. The lowest BCUT2D eigenvalue weighted by molar-refractivity contribution is 0.585. The third kappa shape index (κ3) is 3.45. The number of hydrogen-bond acceptors (Lipinski definition) is 3. The Morgan fingerprint density at radius 2 is 2.00 bits per heavy atom. The van der Waals surface area contributed by atoms with Crippen LogP contribution in [0.5, 0.6) is 0 Å². The number of anilines is 1. The number of halogens is 1. The van der Waals surface area contributed by atoms with Crippen molar-refractivity contribution >= 4 is 39.6 Å². The van der Waals surface area contributed by atoms with Crippen LogP contribution in [0.15, 0.2) is 30.5 Å². The zero-order valence-electron chi connectivity index (χ0n) is 10.8. The number of aromatic nitrogens is 1. The largest absolute Gasteiger partial charge is 0.379 e. The molecule has 0 amide bonds. The van der Waals surface area contributed by atoms with Gasteiger partial charge in [-0.2, -0.15) is 0 Å². The standard InChI is InChI=1S/C14H17IN2S/c1-14(2,3)13-17-9-10(18-13)8-16-12-7-5-4-6-11(12)15/h4-7,9,16H,8H2,1-3H3. The Kier molecular flexibility index (Phi) is 4.27. The fourth-order valence-corrected chi connectivity index (χ4v) is 3.01. The molecule has 2 aromatic rings. The van der Waals surface area contributed by atoms with Crippen molar-refractivity contribution in [2.45, 2.75) is 32.7 Å². The first-order valence-corrected chi connectivity index (χ1v) is 7.80. The summed E-state index contributed by atoms with van der Waals surface area (Å²) in [4.78, 5) is 5.78. The highest BCUT2D eigenvalue weighted by Crippen LogP contribution is 2.27. The van der Waals surface area contributed by atoms with Crippen molar-refractivity contribution in [1.82, 2.24) is 4.98 Å². The quantitative estimate of drug-likeness (QED) is 0.793. The van der Waals surface area contributed by atoms with Gasteiger partial charge in [0.05, 0.1) is 11.6 Å². The predicted octanol–water partition coefficient (Wildman–Crippen LogP) is 4.66. The molecule has 0 aliphatic rings. The summed E-state index contributed by atoms with van der Waals surface area (Å²) >= 11 is 4.14. The molecule has 1 N–H and O–H groups in total. The molecule has 0 aliphatic heterocycles. The van der Waals surface area contributed by atoms with Crippen molar-refractivity contribution in [2.75, 3.05) is 5.32 Å². The van der Waals surface area contributed by atoms with E-state index in [1.54, 1.807) is 11.3 Å². The molecule has 0 atom stereocenters. The molecule has 18 heavy (non-hydrogen) atoms. The summed E-state index contributed by atoms with van der Waals surface area (Å²) in [5.41, 5.74) is 1.33. The zero-order valence-corrected chi connectivity index (χ0v) is 13.8. The minimum absolute atomic E-state index is 0.143. The topological polar surface area (TPSA) is 24.9 Å². The van der Waals surface area contributed by atoms with Crippen molar-refractivity contribution in [1.29, 1.82) is 0 Å². The summed E-state index contributed by atoms with van der Waals surface area (Å²) in [5.74, 6) is 0. The third-order valence-electron chi connectivity index (χ3n) is 2.52. The predicted molar refractivity (Wildman–Crippen MR) is 87.3 cm³/mol. The second-order valence-electron chi connectivity index (χ2n) is 5.22. The molecule has 1 heterocycles. The Morgan fingerprint density at radius 3 is 2.61 bits per heavy atom. The molecule has 0 bridgehead atoms. The first-order valence-electron chi connectivity index (χ1n) is 5.90. The molecule has 0 fully saturated rings. The Balaban J connectivity index is 2.03. The van der Waals surface area contributed by atoms with E-state index < -0.39 is 0 Å². The van der Waals surface area contributed by atoms with E-state index in [2.05, 4.69) is 77.9 Å². The molecule has 2 rings (SSSR count). The van der Waals surface area contributed by atoms with Gasteiger partial charge in [0.2, 0.25) is 0 Å². The van der Waals surface area contributed by atoms with Gasteiger partial charge in [0.15, 0.2) is 0 Å². The van der Waals surface area contributed by atoms with Crippen LogP contribution in [0.1, 0.15) is 30.7 Å². The second-order valence-corrected chi connectivity index (χ2v) is 7.49. The van der Waals surface area contributed by atoms with E-state index in [-0.39, 0.29) is 5.41 Å². The maximum atomic E-state index is 4.50. The Labute approximate surface area is 126 Å². The molecular weight excluding hydrogens is 355 g/mol. The number of para-hydroxylation sites is 1. The highest BCUT2D eigenvalue weighted by atomic mass is 127. The van der Waals surface area contributed by atoms with Crippen LogP contribution in [0, 0.1) is 3.57 Å². The normalized spacial score (nSPS) is 11.6. The van der Waals surface area contributed by atoms with E-state index in [9.17, 15) is 0 Å². The van der Waals surface area contributed by atoms with Crippen LogP contribution in [0.2, 0.25) is 0 Å². The van der Waals surface area contributed by atoms with Gasteiger partial charge < -0.3 is 5.32 Å². The van der Waals surface area contributed by atoms with Gasteiger partial charge in [0, 0.05) is 25.7 Å². The Hall–Kier alpha value is -0.620. The molecule has 0 aliphatic carbocycles. The Morgan fingerprint density at radius 1 is 1.28 bits per heavy atom. The van der Waals surface area contributed by atoms with Gasteiger partial charge in [-0.15, -0.1) is 11.3 Å². The highest BCUT2D eigenvalue weighted by molar-refractivity contribution is 14.1. The summed E-state index contributed by atoms with van der Waals surface area (Å²) < 4.78 is 1.25. The van der Waals surface area contributed by atoms with Gasteiger partial charge in [-0.25, -0.2) is 4.98 Å². The van der Waals surface area contributed by atoms with Crippen LogP contribution in [0.3, 0.4) is 0 Å². The average Bonchev–Trinajstić information content (AvgIpc) is 2.76. The van der Waals surface area contributed by atoms with Gasteiger partial charge in [0.25, 0.3) is 0 Å². The van der Waals surface area contributed by atoms with Gasteiger partial charge in [0.1, 0.15) is 0 Å². The first kappa shape index (κ1) is 13.8. The van der Waals surface area contributed by atoms with Gasteiger partial charge >= 0.3 is 0 Å². The molecular formula is C14H17IN2S. The van der Waals surface area contributed by atoms with Crippen LogP contribution >= 0.6 is 33.9 Å². The van der Waals surface area contributed by atoms with Gasteiger partial charge in [-0.3, -0.25) is 0 Å². The SMILES string of the molecule is CC(C)(C)c1ncc(CNc2ccccc2I)s1. The van der Waals surface area contributed by atoms with Crippen molar-refractivity contribution in [3.63, 3.8) is 0 Å². The summed E-state index contributed by atoms with van der Waals surface area (Å²) in [6.07, 6.45) is 1.98. The zero-order chi connectivity index (χ0) is 13.2. The van der Waals surface area contributed by atoms with Crippen molar-refractivity contribution < 1.29 is 0 Å². The summed E-state index contributed by atoms with van der Waals surface area (Å²) in [6.45, 7) is 7.43. The molecule has 1 aromatic carbocycles. The number of hydrogen-bond donors (Lipinski definition) is 1. The molecule has 0 radical (unpaired) electrons. The number of rotatable bonds is 3. The third-order valence-corrected chi connectivity index (χ3v) is 4.89. The van der Waals surface area contributed by atoms with Crippen molar-refractivity contribution in [3.05, 3.63) is 43.9 Å². The van der Waals surface area contributed by atoms with Crippen LogP contribution in [-0.2, 0) is 12.0 Å². The monoisotopic (exact) mass is 372 g/mol. The molecule has 0 spiro atoms. The number of benzene rings is 1. The molecule has 0 saturated heterocycles. The molecule has 2 nitrogen and oxygen atoms in total. The molecule has 96 valence electrons. The summed E-state index contributed by atoms with van der Waals surface area (Å²) in [5, 5.41) is 4.65. The number of nitrogens with zero attached hydrogens (tertiary/aromatic N) is 1. The van der Waals surface area contributed by atoms with E-state index in [0.717, 1.165) is 6.54 Å². The molecule has 1 aromatic heterocycles. The number of thiazole rings is 1. The highest BCUT2D eigenvalue weighted by Gasteiger charge is 2.17. The number of nitrogens with one attached hydrogen (secondary N) is 1. The van der Waals surface area contributed by atoms with Gasteiger partial charge in [-0.1, -0.05) is 32.9 Å². The van der Waals surface area contributed by atoms with E-state index in [4.69, 9.17) is 0 Å². The Bertz CT molecular complexity index is 529. The minimum Gasteiger partial charge on any atom is -0.379 e. The van der Waals surface area contributed by atoms with Crippen LogP contribution in [0.4, 0.5) is 5.69 Å². The average molecular weight is 372 g/mol. The van der Waals surface area contributed by atoms with Crippen molar-refractivity contribution in [2.24, 2.45) is 0 Å². The summed E-state index contributed by atoms with van der Waals surface area (Å²) in [6, 6.07) is 8.32. The smallest absolute Gasteiger partial charge is 0.0981 e. The lowest BCUT2D eigenvalue weighted by Gasteiger charge is -2.13. The van der Waals surface area contributed by atoms with E-state index >= 15 is 0 Å². The maximum absolute atomic E-state index is 4.50. The van der Waals surface area contributed by atoms with Crippen LogP contribution in [-0.4, -0.2) is 4.98 Å². The van der Waals surface area contributed by atoms with Gasteiger partial charge in [-0.05, 0) is 34.7 Å². The van der Waals surface area contributed by atoms with E-state index in [1.165, 1.54) is 19.1 Å². The fraction of sp³-hybridized carbons (Fsp3) is 0.357. The van der Waals surface area contributed by atoms with Crippen LogP contribution in [0.25, 0.3) is 0 Å². The fourth-order valence-electron chi connectivity index (χ4n) is 1.52. The summed E-state index contributed by atoms with van der Waals surface area (Å²) in [7, 11) is 0. The maximum Gasteiger partial charge on any atom is 0.0981 e.